The summed E-state index contributed by atoms with van der Waals surface area (Å²) in [7, 11) is 0. The Morgan fingerprint density at radius 2 is 2.33 bits per heavy atom. The highest BCUT2D eigenvalue weighted by atomic mass is 32.2. The molecule has 6 heteroatoms. The van der Waals surface area contributed by atoms with Gasteiger partial charge >= 0.3 is 5.97 Å². The molecule has 2 aliphatic heterocycles. The van der Waals surface area contributed by atoms with E-state index in [1.165, 1.54) is 0 Å². The maximum absolute atomic E-state index is 12.4. The van der Waals surface area contributed by atoms with Gasteiger partial charge in [-0.15, -0.1) is 0 Å². The van der Waals surface area contributed by atoms with Crippen molar-refractivity contribution in [2.75, 3.05) is 37.7 Å². The van der Waals surface area contributed by atoms with Crippen LogP contribution in [0.4, 0.5) is 0 Å². The Bertz CT molecular complexity index is 318. The topological polar surface area (TPSA) is 58.6 Å². The van der Waals surface area contributed by atoms with E-state index in [1.807, 2.05) is 0 Å². The van der Waals surface area contributed by atoms with E-state index < -0.39 is 6.04 Å². The molecule has 2 heterocycles. The van der Waals surface area contributed by atoms with E-state index in [0.29, 0.717) is 18.9 Å². The van der Waals surface area contributed by atoms with Gasteiger partial charge in [0.15, 0.2) is 0 Å². The highest BCUT2D eigenvalue weighted by Gasteiger charge is 2.37. The van der Waals surface area contributed by atoms with Gasteiger partial charge in [-0.3, -0.25) is 4.79 Å². The summed E-state index contributed by atoms with van der Waals surface area (Å²) in [6.45, 7) is 4.44. The first-order valence-electron chi connectivity index (χ1n) is 6.49. The number of thioether (sulfide) groups is 1. The SMILES string of the molecule is CCOC(=O)C1CSCCN1C(=O)C1CCNC1. The Morgan fingerprint density at radius 3 is 3.00 bits per heavy atom. The fraction of sp³-hybridized carbons (Fsp3) is 0.833. The van der Waals surface area contributed by atoms with Gasteiger partial charge in [0.2, 0.25) is 5.91 Å². The van der Waals surface area contributed by atoms with E-state index in [1.54, 1.807) is 23.6 Å². The van der Waals surface area contributed by atoms with Gasteiger partial charge in [-0.2, -0.15) is 11.8 Å². The third kappa shape index (κ3) is 2.98. The lowest BCUT2D eigenvalue weighted by atomic mass is 10.1. The van der Waals surface area contributed by atoms with E-state index in [0.717, 1.165) is 25.3 Å². The minimum Gasteiger partial charge on any atom is -0.464 e. The third-order valence-corrected chi connectivity index (χ3v) is 4.40. The first kappa shape index (κ1) is 13.7. The lowest BCUT2D eigenvalue weighted by molar-refractivity contribution is -0.155. The Labute approximate surface area is 112 Å². The van der Waals surface area contributed by atoms with Crippen LogP contribution in [-0.4, -0.2) is 60.6 Å². The molecule has 0 aromatic rings. The van der Waals surface area contributed by atoms with Crippen molar-refractivity contribution in [1.29, 1.82) is 0 Å². The second-order valence-electron chi connectivity index (χ2n) is 4.56. The van der Waals surface area contributed by atoms with Crippen LogP contribution in [0.2, 0.25) is 0 Å². The van der Waals surface area contributed by atoms with Crippen LogP contribution in [0.5, 0.6) is 0 Å². The standard InChI is InChI=1S/C12H20N2O3S/c1-2-17-12(16)10-8-18-6-5-14(10)11(15)9-3-4-13-7-9/h9-10,13H,2-8H2,1H3. The number of nitrogens with zero attached hydrogens (tertiary/aromatic N) is 1. The van der Waals surface area contributed by atoms with E-state index in [9.17, 15) is 9.59 Å². The Morgan fingerprint density at radius 1 is 1.50 bits per heavy atom. The van der Waals surface area contributed by atoms with Gasteiger partial charge in [0.05, 0.1) is 12.5 Å². The number of carbonyl (C=O) groups is 2. The summed E-state index contributed by atoms with van der Waals surface area (Å²) >= 11 is 1.71. The third-order valence-electron chi connectivity index (χ3n) is 3.38. The zero-order valence-corrected chi connectivity index (χ0v) is 11.5. The van der Waals surface area contributed by atoms with Crippen molar-refractivity contribution in [3.63, 3.8) is 0 Å². The summed E-state index contributed by atoms with van der Waals surface area (Å²) in [5.74, 6) is 1.44. The van der Waals surface area contributed by atoms with E-state index in [4.69, 9.17) is 4.74 Å². The molecule has 0 aromatic carbocycles. The van der Waals surface area contributed by atoms with Crippen molar-refractivity contribution < 1.29 is 14.3 Å². The molecule has 1 amide bonds. The second kappa shape index (κ2) is 6.43. The molecule has 2 rings (SSSR count). The van der Waals surface area contributed by atoms with Crippen LogP contribution < -0.4 is 5.32 Å². The number of hydrogen-bond donors (Lipinski definition) is 1. The zero-order valence-electron chi connectivity index (χ0n) is 10.7. The normalized spacial score (nSPS) is 28.2. The average molecular weight is 272 g/mol. The fourth-order valence-electron chi connectivity index (χ4n) is 2.40. The summed E-state index contributed by atoms with van der Waals surface area (Å²) in [6.07, 6.45) is 0.873. The molecule has 2 atom stereocenters. The first-order chi connectivity index (χ1) is 8.74. The van der Waals surface area contributed by atoms with Crippen molar-refractivity contribution in [2.24, 2.45) is 5.92 Å². The lowest BCUT2D eigenvalue weighted by Crippen LogP contribution is -2.53. The molecule has 5 nitrogen and oxygen atoms in total. The van der Waals surface area contributed by atoms with Gasteiger partial charge in [0.25, 0.3) is 0 Å². The van der Waals surface area contributed by atoms with Crippen molar-refractivity contribution in [1.82, 2.24) is 10.2 Å². The second-order valence-corrected chi connectivity index (χ2v) is 5.71. The maximum atomic E-state index is 12.4. The minimum absolute atomic E-state index is 0.0324. The smallest absolute Gasteiger partial charge is 0.329 e. The summed E-state index contributed by atoms with van der Waals surface area (Å²) in [5.41, 5.74) is 0. The molecule has 0 aliphatic carbocycles. The monoisotopic (exact) mass is 272 g/mol. The highest BCUT2D eigenvalue weighted by molar-refractivity contribution is 7.99. The lowest BCUT2D eigenvalue weighted by Gasteiger charge is -2.35. The largest absolute Gasteiger partial charge is 0.464 e. The Kier molecular flexibility index (Phi) is 4.88. The number of hydrogen-bond acceptors (Lipinski definition) is 5. The number of rotatable bonds is 3. The highest BCUT2D eigenvalue weighted by Crippen LogP contribution is 2.21. The van der Waals surface area contributed by atoms with Crippen molar-refractivity contribution in [2.45, 2.75) is 19.4 Å². The van der Waals surface area contributed by atoms with Crippen LogP contribution in [0, 0.1) is 5.92 Å². The van der Waals surface area contributed by atoms with Gasteiger partial charge in [-0.05, 0) is 19.9 Å². The number of carbonyl (C=O) groups excluding carboxylic acids is 2. The molecule has 0 radical (unpaired) electrons. The van der Waals surface area contributed by atoms with Crippen LogP contribution in [-0.2, 0) is 14.3 Å². The van der Waals surface area contributed by atoms with E-state index in [-0.39, 0.29) is 17.8 Å². The molecule has 0 aromatic heterocycles. The van der Waals surface area contributed by atoms with Crippen LogP contribution in [0.1, 0.15) is 13.3 Å². The number of amides is 1. The van der Waals surface area contributed by atoms with Crippen LogP contribution in [0.3, 0.4) is 0 Å². The Balaban J connectivity index is 2.02. The van der Waals surface area contributed by atoms with Crippen molar-refractivity contribution >= 4 is 23.6 Å². The van der Waals surface area contributed by atoms with Crippen LogP contribution >= 0.6 is 11.8 Å². The summed E-state index contributed by atoms with van der Waals surface area (Å²) in [6, 6.07) is -0.392. The molecule has 2 unspecified atom stereocenters. The van der Waals surface area contributed by atoms with Gasteiger partial charge < -0.3 is 15.0 Å². The molecule has 2 fully saturated rings. The van der Waals surface area contributed by atoms with E-state index >= 15 is 0 Å². The molecular formula is C12H20N2O3S. The molecule has 18 heavy (non-hydrogen) atoms. The van der Waals surface area contributed by atoms with Crippen molar-refractivity contribution in [3.05, 3.63) is 0 Å². The molecule has 102 valence electrons. The van der Waals surface area contributed by atoms with Crippen LogP contribution in [0.15, 0.2) is 0 Å². The van der Waals surface area contributed by atoms with Crippen LogP contribution in [0.25, 0.3) is 0 Å². The Hall–Kier alpha value is -0.750. The summed E-state index contributed by atoms with van der Waals surface area (Å²) < 4.78 is 5.06. The average Bonchev–Trinajstić information content (AvgIpc) is 2.92. The predicted octanol–water partition coefficient (Wildman–Crippen LogP) is 0.103. The van der Waals surface area contributed by atoms with Gasteiger partial charge in [0, 0.05) is 24.6 Å². The number of ether oxygens (including phenoxy) is 1. The number of nitrogens with one attached hydrogen (secondary N) is 1. The summed E-state index contributed by atoms with van der Waals surface area (Å²) in [4.78, 5) is 26.0. The molecule has 1 N–H and O–H groups in total. The quantitative estimate of drug-likeness (QED) is 0.739. The molecule has 0 saturated carbocycles. The van der Waals surface area contributed by atoms with E-state index in [2.05, 4.69) is 5.32 Å². The van der Waals surface area contributed by atoms with Gasteiger partial charge in [0.1, 0.15) is 6.04 Å². The molecule has 0 spiro atoms. The van der Waals surface area contributed by atoms with Gasteiger partial charge in [-0.25, -0.2) is 4.79 Å². The number of esters is 1. The predicted molar refractivity (Wildman–Crippen MR) is 70.4 cm³/mol. The van der Waals surface area contributed by atoms with Crippen molar-refractivity contribution in [3.8, 4) is 0 Å². The molecule has 0 bridgehead atoms. The molecule has 2 saturated heterocycles. The minimum atomic E-state index is -0.392. The maximum Gasteiger partial charge on any atom is 0.329 e. The molecular weight excluding hydrogens is 252 g/mol. The fourth-order valence-corrected chi connectivity index (χ4v) is 3.43. The molecule has 2 aliphatic rings. The zero-order chi connectivity index (χ0) is 13.0. The first-order valence-corrected chi connectivity index (χ1v) is 7.65. The summed E-state index contributed by atoms with van der Waals surface area (Å²) in [5, 5.41) is 3.19. The van der Waals surface area contributed by atoms with Gasteiger partial charge in [-0.1, -0.05) is 0 Å².